The zero-order chi connectivity index (χ0) is 9.80. The van der Waals surface area contributed by atoms with E-state index in [2.05, 4.69) is 15.3 Å². The lowest BCUT2D eigenvalue weighted by Gasteiger charge is -2.02. The van der Waals surface area contributed by atoms with Crippen molar-refractivity contribution in [1.82, 2.24) is 9.97 Å². The highest BCUT2D eigenvalue weighted by Crippen LogP contribution is 2.07. The minimum absolute atomic E-state index is 0.453. The molecule has 2 aromatic heterocycles. The van der Waals surface area contributed by atoms with E-state index in [1.54, 1.807) is 18.6 Å². The second kappa shape index (κ2) is 3.78. The summed E-state index contributed by atoms with van der Waals surface area (Å²) in [5.74, 6) is 1.16. The van der Waals surface area contributed by atoms with Crippen LogP contribution >= 0.6 is 0 Å². The van der Waals surface area contributed by atoms with Gasteiger partial charge in [-0.25, -0.2) is 9.97 Å². The highest BCUT2D eigenvalue weighted by Gasteiger charge is 1.96. The number of furan rings is 1. The molecule has 0 amide bonds. The number of nitrogen functional groups attached to an aromatic ring is 1. The number of nitrogens with two attached hydrogens (primary N) is 1. The minimum Gasteiger partial charge on any atom is -0.472 e. The molecule has 0 radical (unpaired) electrons. The second-order valence-electron chi connectivity index (χ2n) is 2.81. The first-order valence-electron chi connectivity index (χ1n) is 4.17. The Morgan fingerprint density at radius 3 is 3.07 bits per heavy atom. The Morgan fingerprint density at radius 1 is 1.43 bits per heavy atom. The van der Waals surface area contributed by atoms with Crippen LogP contribution in [0.3, 0.4) is 0 Å². The first-order valence-corrected chi connectivity index (χ1v) is 4.17. The van der Waals surface area contributed by atoms with Crippen LogP contribution < -0.4 is 11.1 Å². The van der Waals surface area contributed by atoms with Gasteiger partial charge in [0.15, 0.2) is 0 Å². The molecule has 2 rings (SSSR count). The Bertz CT molecular complexity index is 399. The second-order valence-corrected chi connectivity index (χ2v) is 2.81. The lowest BCUT2D eigenvalue weighted by molar-refractivity contribution is 0.564. The van der Waals surface area contributed by atoms with Crippen molar-refractivity contribution in [3.05, 3.63) is 36.5 Å². The molecule has 0 saturated heterocycles. The van der Waals surface area contributed by atoms with Crippen molar-refractivity contribution >= 4 is 11.6 Å². The van der Waals surface area contributed by atoms with Crippen LogP contribution in [0.15, 0.2) is 35.4 Å². The van der Waals surface area contributed by atoms with Crippen molar-refractivity contribution in [3.63, 3.8) is 0 Å². The third-order valence-corrected chi connectivity index (χ3v) is 1.74. The summed E-state index contributed by atoms with van der Waals surface area (Å²) in [5, 5.41) is 3.10. The van der Waals surface area contributed by atoms with Gasteiger partial charge in [-0.2, -0.15) is 0 Å². The van der Waals surface area contributed by atoms with Gasteiger partial charge >= 0.3 is 0 Å². The smallest absolute Gasteiger partial charge is 0.131 e. The summed E-state index contributed by atoms with van der Waals surface area (Å²) >= 11 is 0. The quantitative estimate of drug-likeness (QED) is 0.762. The molecule has 0 atom stereocenters. The number of rotatable bonds is 3. The summed E-state index contributed by atoms with van der Waals surface area (Å²) in [4.78, 5) is 7.80. The van der Waals surface area contributed by atoms with Gasteiger partial charge in [0.25, 0.3) is 0 Å². The van der Waals surface area contributed by atoms with Crippen molar-refractivity contribution in [2.24, 2.45) is 0 Å². The van der Waals surface area contributed by atoms with Crippen LogP contribution in [-0.2, 0) is 6.54 Å². The molecular formula is C9H10N4O. The monoisotopic (exact) mass is 190 g/mol. The largest absolute Gasteiger partial charge is 0.472 e. The highest BCUT2D eigenvalue weighted by molar-refractivity contribution is 5.43. The van der Waals surface area contributed by atoms with E-state index >= 15 is 0 Å². The summed E-state index contributed by atoms with van der Waals surface area (Å²) in [6, 6.07) is 3.57. The Kier molecular flexibility index (Phi) is 2.31. The van der Waals surface area contributed by atoms with Gasteiger partial charge < -0.3 is 15.5 Å². The van der Waals surface area contributed by atoms with E-state index in [1.165, 1.54) is 6.33 Å². The number of aromatic nitrogens is 2. The average molecular weight is 190 g/mol. The summed E-state index contributed by atoms with van der Waals surface area (Å²) in [6.07, 6.45) is 4.73. The van der Waals surface area contributed by atoms with Gasteiger partial charge in [-0.05, 0) is 6.07 Å². The van der Waals surface area contributed by atoms with Crippen LogP contribution in [0.5, 0.6) is 0 Å². The Hall–Kier alpha value is -2.04. The molecule has 2 heterocycles. The Morgan fingerprint density at radius 2 is 2.36 bits per heavy atom. The molecule has 2 aromatic rings. The van der Waals surface area contributed by atoms with E-state index in [4.69, 9.17) is 10.2 Å². The molecule has 0 saturated carbocycles. The maximum atomic E-state index is 5.50. The molecule has 5 heteroatoms. The molecule has 14 heavy (non-hydrogen) atoms. The number of hydrogen-bond acceptors (Lipinski definition) is 5. The van der Waals surface area contributed by atoms with E-state index in [0.29, 0.717) is 18.2 Å². The number of nitrogens with zero attached hydrogens (tertiary/aromatic N) is 2. The van der Waals surface area contributed by atoms with E-state index < -0.39 is 0 Å². The zero-order valence-electron chi connectivity index (χ0n) is 7.47. The molecular weight excluding hydrogens is 180 g/mol. The summed E-state index contributed by atoms with van der Waals surface area (Å²) in [7, 11) is 0. The molecule has 72 valence electrons. The van der Waals surface area contributed by atoms with Crippen LogP contribution in [0.2, 0.25) is 0 Å². The fraction of sp³-hybridized carbons (Fsp3) is 0.111. The predicted molar refractivity (Wildman–Crippen MR) is 52.5 cm³/mol. The van der Waals surface area contributed by atoms with Gasteiger partial charge in [-0.1, -0.05) is 0 Å². The number of anilines is 2. The Balaban J connectivity index is 1.98. The fourth-order valence-electron chi connectivity index (χ4n) is 1.05. The summed E-state index contributed by atoms with van der Waals surface area (Å²) < 4.78 is 4.93. The van der Waals surface area contributed by atoms with Crippen LogP contribution in [-0.4, -0.2) is 9.97 Å². The summed E-state index contributed by atoms with van der Waals surface area (Å²) in [6.45, 7) is 0.660. The van der Waals surface area contributed by atoms with Crippen LogP contribution in [0.4, 0.5) is 11.6 Å². The van der Waals surface area contributed by atoms with Gasteiger partial charge in [-0.15, -0.1) is 0 Å². The maximum Gasteiger partial charge on any atom is 0.131 e. The fourth-order valence-corrected chi connectivity index (χ4v) is 1.05. The highest BCUT2D eigenvalue weighted by atomic mass is 16.3. The van der Waals surface area contributed by atoms with E-state index in [0.717, 1.165) is 5.56 Å². The lowest BCUT2D eigenvalue weighted by Crippen LogP contribution is -2.01. The molecule has 0 spiro atoms. The first kappa shape index (κ1) is 8.55. The molecule has 3 N–H and O–H groups in total. The minimum atomic E-state index is 0.453. The van der Waals surface area contributed by atoms with Crippen molar-refractivity contribution in [2.75, 3.05) is 11.1 Å². The zero-order valence-corrected chi connectivity index (χ0v) is 7.47. The van der Waals surface area contributed by atoms with Crippen molar-refractivity contribution in [1.29, 1.82) is 0 Å². The van der Waals surface area contributed by atoms with Crippen molar-refractivity contribution in [3.8, 4) is 0 Å². The standard InChI is InChI=1S/C9H10N4O/c10-8-3-9(13-6-12-8)11-4-7-1-2-14-5-7/h1-3,5-6H,4H2,(H3,10,11,12,13). The van der Waals surface area contributed by atoms with Crippen LogP contribution in [0.25, 0.3) is 0 Å². The molecule has 0 aliphatic heterocycles. The predicted octanol–water partition coefficient (Wildman–Crippen LogP) is 1.26. The van der Waals surface area contributed by atoms with Gasteiger partial charge in [0.2, 0.25) is 0 Å². The SMILES string of the molecule is Nc1cc(NCc2ccoc2)ncn1. The first-order chi connectivity index (χ1) is 6.84. The van der Waals surface area contributed by atoms with Gasteiger partial charge in [0.1, 0.15) is 18.0 Å². The summed E-state index contributed by atoms with van der Waals surface area (Å²) in [5.41, 5.74) is 6.56. The van der Waals surface area contributed by atoms with Crippen molar-refractivity contribution in [2.45, 2.75) is 6.54 Å². The molecule has 0 unspecified atom stereocenters. The van der Waals surface area contributed by atoms with Crippen molar-refractivity contribution < 1.29 is 4.42 Å². The normalized spacial score (nSPS) is 10.0. The third-order valence-electron chi connectivity index (χ3n) is 1.74. The lowest BCUT2D eigenvalue weighted by atomic mass is 10.3. The maximum absolute atomic E-state index is 5.50. The molecule has 5 nitrogen and oxygen atoms in total. The molecule has 0 aliphatic rings. The molecule has 0 bridgehead atoms. The number of hydrogen-bond donors (Lipinski definition) is 2. The van der Waals surface area contributed by atoms with Gasteiger partial charge in [0.05, 0.1) is 12.5 Å². The van der Waals surface area contributed by atoms with Gasteiger partial charge in [0, 0.05) is 18.2 Å². The Labute approximate surface area is 81.0 Å². The van der Waals surface area contributed by atoms with E-state index in [9.17, 15) is 0 Å². The molecule has 0 aliphatic carbocycles. The van der Waals surface area contributed by atoms with Crippen LogP contribution in [0.1, 0.15) is 5.56 Å². The average Bonchev–Trinajstić information content (AvgIpc) is 2.67. The van der Waals surface area contributed by atoms with Crippen LogP contribution in [0, 0.1) is 0 Å². The van der Waals surface area contributed by atoms with Gasteiger partial charge in [-0.3, -0.25) is 0 Å². The molecule has 0 fully saturated rings. The van der Waals surface area contributed by atoms with E-state index in [-0.39, 0.29) is 0 Å². The van der Waals surface area contributed by atoms with E-state index in [1.807, 2.05) is 6.07 Å². The topological polar surface area (TPSA) is 77.0 Å². The number of nitrogens with one attached hydrogen (secondary N) is 1. The third kappa shape index (κ3) is 2.01. The molecule has 0 aromatic carbocycles.